The van der Waals surface area contributed by atoms with Gasteiger partial charge >= 0.3 is 5.97 Å². The number of phenols is 1. The van der Waals surface area contributed by atoms with Crippen LogP contribution in [0.3, 0.4) is 0 Å². The molecule has 1 aromatic carbocycles. The van der Waals surface area contributed by atoms with E-state index in [0.717, 1.165) is 0 Å². The van der Waals surface area contributed by atoms with Gasteiger partial charge in [-0.15, -0.1) is 10.2 Å². The van der Waals surface area contributed by atoms with Gasteiger partial charge in [0.15, 0.2) is 17.3 Å². The average molecular weight is 388 g/mol. The molecule has 1 aliphatic heterocycles. The Balaban J connectivity index is 2.04. The van der Waals surface area contributed by atoms with Gasteiger partial charge < -0.3 is 14.6 Å². The molecule has 2 aromatic rings. The van der Waals surface area contributed by atoms with Crippen LogP contribution in [0, 0.1) is 6.92 Å². The molecule has 9 heteroatoms. The van der Waals surface area contributed by atoms with Crippen molar-refractivity contribution in [2.75, 3.05) is 19.0 Å². The van der Waals surface area contributed by atoms with E-state index in [1.165, 1.54) is 17.8 Å². The maximum Gasteiger partial charge on any atom is 0.340 e. The molecule has 1 aromatic heterocycles. The average Bonchev–Trinajstić information content (AvgIpc) is 3.03. The molecule has 142 valence electrons. The van der Waals surface area contributed by atoms with Crippen LogP contribution < -0.4 is 4.74 Å². The zero-order chi connectivity index (χ0) is 19.4. The minimum atomic E-state index is -0.461. The number of carbonyl (C=O) groups excluding carboxylic acids is 1. The molecule has 8 nitrogen and oxygen atoms in total. The molecule has 0 amide bonds. The van der Waals surface area contributed by atoms with Crippen LogP contribution in [0.2, 0.25) is 0 Å². The van der Waals surface area contributed by atoms with Crippen LogP contribution in [0.1, 0.15) is 25.2 Å². The Kier molecular flexibility index (Phi) is 5.80. The summed E-state index contributed by atoms with van der Waals surface area (Å²) in [7, 11) is 0. The lowest BCUT2D eigenvalue weighted by Gasteiger charge is -2.15. The second kappa shape index (κ2) is 8.26. The van der Waals surface area contributed by atoms with Gasteiger partial charge in [0.25, 0.3) is 0 Å². The van der Waals surface area contributed by atoms with Crippen LogP contribution in [0.5, 0.6) is 11.5 Å². The summed E-state index contributed by atoms with van der Waals surface area (Å²) in [5.74, 6) is 1.05. The lowest BCUT2D eigenvalue weighted by molar-refractivity contribution is -0.137. The largest absolute Gasteiger partial charge is 0.504 e. The maximum atomic E-state index is 12.6. The zero-order valence-electron chi connectivity index (χ0n) is 15.3. The molecule has 0 atom stereocenters. The highest BCUT2D eigenvalue weighted by atomic mass is 32.2. The standard InChI is InChI=1S/C18H20N4O4S/c1-4-25-16-9-12(6-7-15(16)23)8-13(17(24)26-5-2)14-10-27-18-20-19-11(3)22(18)21-14/h6-9,23H,4-5,10H2,1-3H3/b13-8-. The van der Waals surface area contributed by atoms with Crippen LogP contribution in [0.15, 0.2) is 34.0 Å². The Morgan fingerprint density at radius 2 is 2.15 bits per heavy atom. The summed E-state index contributed by atoms with van der Waals surface area (Å²) < 4.78 is 12.2. The first-order valence-corrected chi connectivity index (χ1v) is 9.49. The summed E-state index contributed by atoms with van der Waals surface area (Å²) in [5.41, 5.74) is 1.61. The van der Waals surface area contributed by atoms with Crippen molar-refractivity contribution in [1.82, 2.24) is 14.9 Å². The van der Waals surface area contributed by atoms with E-state index in [1.807, 2.05) is 6.92 Å². The number of hydrogen-bond acceptors (Lipinski definition) is 8. The third-order valence-corrected chi connectivity index (χ3v) is 4.66. The van der Waals surface area contributed by atoms with Crippen LogP contribution in [0.4, 0.5) is 0 Å². The second-order valence-electron chi connectivity index (χ2n) is 5.62. The topological polar surface area (TPSA) is 98.8 Å². The van der Waals surface area contributed by atoms with E-state index < -0.39 is 5.97 Å². The smallest absolute Gasteiger partial charge is 0.340 e. The molecule has 0 saturated carbocycles. The molecule has 0 unspecified atom stereocenters. The molecule has 27 heavy (non-hydrogen) atoms. The fourth-order valence-electron chi connectivity index (χ4n) is 2.48. The molecule has 0 fully saturated rings. The van der Waals surface area contributed by atoms with E-state index in [-0.39, 0.29) is 12.4 Å². The van der Waals surface area contributed by atoms with E-state index in [4.69, 9.17) is 9.47 Å². The van der Waals surface area contributed by atoms with Crippen LogP contribution in [-0.2, 0) is 9.53 Å². The Bertz CT molecular complexity index is 920. The number of nitrogens with zero attached hydrogens (tertiary/aromatic N) is 4. The number of esters is 1. The quantitative estimate of drug-likeness (QED) is 0.600. The monoisotopic (exact) mass is 388 g/mol. The van der Waals surface area contributed by atoms with Gasteiger partial charge in [-0.3, -0.25) is 0 Å². The molecule has 0 saturated heterocycles. The number of carbonyl (C=O) groups is 1. The first-order chi connectivity index (χ1) is 13.0. The number of ether oxygens (including phenoxy) is 2. The van der Waals surface area contributed by atoms with Crippen molar-refractivity contribution in [2.24, 2.45) is 5.10 Å². The summed E-state index contributed by atoms with van der Waals surface area (Å²) in [6.07, 6.45) is 1.68. The fraction of sp³-hybridized carbons (Fsp3) is 0.333. The number of aromatic hydroxyl groups is 1. The van der Waals surface area contributed by atoms with Crippen LogP contribution in [0.25, 0.3) is 6.08 Å². The van der Waals surface area contributed by atoms with Gasteiger partial charge in [0.1, 0.15) is 0 Å². The number of phenolic OH excluding ortho intramolecular Hbond substituents is 1. The van der Waals surface area contributed by atoms with E-state index in [9.17, 15) is 9.90 Å². The van der Waals surface area contributed by atoms with Gasteiger partial charge in [-0.1, -0.05) is 17.8 Å². The molecular weight excluding hydrogens is 368 g/mol. The molecule has 3 rings (SSSR count). The Labute approximate surface area is 160 Å². The van der Waals surface area contributed by atoms with Gasteiger partial charge in [-0.25, -0.2) is 4.79 Å². The first kappa shape index (κ1) is 19.0. The van der Waals surface area contributed by atoms with Crippen molar-refractivity contribution in [3.8, 4) is 11.5 Å². The van der Waals surface area contributed by atoms with E-state index in [2.05, 4.69) is 15.3 Å². The van der Waals surface area contributed by atoms with Crippen molar-refractivity contribution < 1.29 is 19.4 Å². The number of thioether (sulfide) groups is 1. The maximum absolute atomic E-state index is 12.6. The molecule has 2 heterocycles. The van der Waals surface area contributed by atoms with Crippen molar-refractivity contribution in [3.05, 3.63) is 35.2 Å². The van der Waals surface area contributed by atoms with Crippen molar-refractivity contribution in [1.29, 1.82) is 0 Å². The molecular formula is C18H20N4O4S. The SMILES string of the molecule is CCOC(=O)/C(=C\c1ccc(O)c(OCC)c1)C1=Nn2c(C)nnc2SC1. The summed E-state index contributed by atoms with van der Waals surface area (Å²) >= 11 is 1.45. The van der Waals surface area contributed by atoms with Gasteiger partial charge in [-0.2, -0.15) is 9.78 Å². The highest BCUT2D eigenvalue weighted by Gasteiger charge is 2.24. The number of aromatic nitrogens is 3. The number of hydrogen-bond donors (Lipinski definition) is 1. The number of aryl methyl sites for hydroxylation is 1. The summed E-state index contributed by atoms with van der Waals surface area (Å²) in [5, 5.41) is 23.1. The summed E-state index contributed by atoms with van der Waals surface area (Å²) in [4.78, 5) is 12.6. The van der Waals surface area contributed by atoms with E-state index >= 15 is 0 Å². The van der Waals surface area contributed by atoms with Gasteiger partial charge in [0.05, 0.1) is 24.5 Å². The summed E-state index contributed by atoms with van der Waals surface area (Å²) in [6, 6.07) is 4.90. The van der Waals surface area contributed by atoms with Crippen LogP contribution in [-0.4, -0.2) is 50.6 Å². The predicted octanol–water partition coefficient (Wildman–Crippen LogP) is 2.65. The third kappa shape index (κ3) is 4.13. The fourth-order valence-corrected chi connectivity index (χ4v) is 3.36. The van der Waals surface area contributed by atoms with Gasteiger partial charge in [0.2, 0.25) is 5.16 Å². The molecule has 1 aliphatic rings. The molecule has 0 radical (unpaired) electrons. The van der Waals surface area contributed by atoms with Crippen molar-refractivity contribution >= 4 is 29.5 Å². The second-order valence-corrected chi connectivity index (χ2v) is 6.56. The van der Waals surface area contributed by atoms with Gasteiger partial charge in [-0.05, 0) is 44.5 Å². The first-order valence-electron chi connectivity index (χ1n) is 8.51. The minimum absolute atomic E-state index is 0.0435. The summed E-state index contributed by atoms with van der Waals surface area (Å²) in [6.45, 7) is 6.06. The highest BCUT2D eigenvalue weighted by Crippen LogP contribution is 2.29. The molecule has 0 bridgehead atoms. The minimum Gasteiger partial charge on any atom is -0.504 e. The Morgan fingerprint density at radius 3 is 2.89 bits per heavy atom. The number of rotatable bonds is 6. The van der Waals surface area contributed by atoms with Crippen molar-refractivity contribution in [3.63, 3.8) is 0 Å². The predicted molar refractivity (Wildman–Crippen MR) is 102 cm³/mol. The Hall–Kier alpha value is -2.81. The number of benzene rings is 1. The Morgan fingerprint density at radius 1 is 1.33 bits per heavy atom. The third-order valence-electron chi connectivity index (χ3n) is 3.73. The van der Waals surface area contributed by atoms with E-state index in [1.54, 1.807) is 36.7 Å². The zero-order valence-corrected chi connectivity index (χ0v) is 16.1. The highest BCUT2D eigenvalue weighted by molar-refractivity contribution is 7.99. The normalized spacial score (nSPS) is 13.7. The van der Waals surface area contributed by atoms with Crippen LogP contribution >= 0.6 is 11.8 Å². The molecule has 0 spiro atoms. The lowest BCUT2D eigenvalue weighted by Crippen LogP contribution is -2.21. The lowest BCUT2D eigenvalue weighted by atomic mass is 10.1. The van der Waals surface area contributed by atoms with Gasteiger partial charge in [0, 0.05) is 5.75 Å². The molecule has 1 N–H and O–H groups in total. The number of fused-ring (bicyclic) bond motifs is 1. The van der Waals surface area contributed by atoms with Crippen molar-refractivity contribution in [2.45, 2.75) is 25.9 Å². The molecule has 0 aliphatic carbocycles. The van der Waals surface area contributed by atoms with E-state index in [0.29, 0.717) is 45.9 Å².